The Morgan fingerprint density at radius 3 is 2.53 bits per heavy atom. The molecule has 0 aliphatic heterocycles. The molecule has 2 aromatic rings. The van der Waals surface area contributed by atoms with Gasteiger partial charge in [-0.05, 0) is 58.2 Å². The molecule has 0 aliphatic rings. The van der Waals surface area contributed by atoms with Crippen molar-refractivity contribution < 1.29 is 4.39 Å². The van der Waals surface area contributed by atoms with Crippen molar-refractivity contribution in [3.63, 3.8) is 0 Å². The molecule has 4 heteroatoms. The maximum atomic E-state index is 12.8. The maximum absolute atomic E-state index is 12.8. The Balaban J connectivity index is 1.98. The maximum Gasteiger partial charge on any atom is 0.123 e. The summed E-state index contributed by atoms with van der Waals surface area (Å²) in [5, 5.41) is 4.10. The molecule has 1 N–H and O–H groups in total. The van der Waals surface area contributed by atoms with Crippen molar-refractivity contribution in [1.29, 1.82) is 0 Å². The first-order valence-electron chi connectivity index (χ1n) is 5.99. The molecule has 2 rings (SSSR count). The van der Waals surface area contributed by atoms with Crippen molar-refractivity contribution in [2.75, 3.05) is 0 Å². The van der Waals surface area contributed by atoms with Crippen LogP contribution in [0, 0.1) is 5.82 Å². The molecular formula is C15H14BrClFN. The molecule has 0 spiro atoms. The Labute approximate surface area is 125 Å². The quantitative estimate of drug-likeness (QED) is 0.816. The molecule has 1 atom stereocenters. The van der Waals surface area contributed by atoms with E-state index in [0.717, 1.165) is 22.1 Å². The van der Waals surface area contributed by atoms with Gasteiger partial charge in [-0.25, -0.2) is 4.39 Å². The van der Waals surface area contributed by atoms with Gasteiger partial charge in [-0.3, -0.25) is 0 Å². The zero-order valence-electron chi connectivity index (χ0n) is 10.5. The normalized spacial score (nSPS) is 12.4. The van der Waals surface area contributed by atoms with Crippen LogP contribution in [0.15, 0.2) is 46.9 Å². The van der Waals surface area contributed by atoms with E-state index in [2.05, 4.69) is 28.2 Å². The molecule has 0 unspecified atom stereocenters. The van der Waals surface area contributed by atoms with Crippen LogP contribution in [0.5, 0.6) is 0 Å². The van der Waals surface area contributed by atoms with Crippen molar-refractivity contribution in [2.45, 2.75) is 19.5 Å². The molecule has 1 nitrogen and oxygen atoms in total. The van der Waals surface area contributed by atoms with E-state index >= 15 is 0 Å². The first kappa shape index (κ1) is 14.5. The molecule has 19 heavy (non-hydrogen) atoms. The van der Waals surface area contributed by atoms with E-state index in [4.69, 9.17) is 11.6 Å². The fraction of sp³-hybridized carbons (Fsp3) is 0.200. The largest absolute Gasteiger partial charge is 0.306 e. The smallest absolute Gasteiger partial charge is 0.123 e. The minimum atomic E-state index is -0.211. The predicted octanol–water partition coefficient (Wildman–Crippen LogP) is 5.09. The van der Waals surface area contributed by atoms with Crippen LogP contribution in [-0.4, -0.2) is 0 Å². The van der Waals surface area contributed by atoms with Gasteiger partial charge < -0.3 is 5.32 Å². The van der Waals surface area contributed by atoms with Gasteiger partial charge in [-0.2, -0.15) is 0 Å². The fourth-order valence-electron chi connectivity index (χ4n) is 1.79. The third-order valence-corrected chi connectivity index (χ3v) is 4.18. The minimum Gasteiger partial charge on any atom is -0.306 e. The fourth-order valence-corrected chi connectivity index (χ4v) is 2.33. The van der Waals surface area contributed by atoms with Gasteiger partial charge in [0.15, 0.2) is 0 Å². The average molecular weight is 343 g/mol. The molecule has 100 valence electrons. The summed E-state index contributed by atoms with van der Waals surface area (Å²) < 4.78 is 13.7. The molecule has 0 aliphatic carbocycles. The molecule has 0 fully saturated rings. The van der Waals surface area contributed by atoms with Crippen molar-refractivity contribution in [3.8, 4) is 0 Å². The van der Waals surface area contributed by atoms with Crippen LogP contribution >= 0.6 is 27.5 Å². The van der Waals surface area contributed by atoms with Crippen LogP contribution in [-0.2, 0) is 6.54 Å². The van der Waals surface area contributed by atoms with Crippen LogP contribution in [0.4, 0.5) is 4.39 Å². The summed E-state index contributed by atoms with van der Waals surface area (Å²) in [4.78, 5) is 0. The SMILES string of the molecule is C[C@H](NCc1ccc(Cl)c(Br)c1)c1ccc(F)cc1. The van der Waals surface area contributed by atoms with Gasteiger partial charge >= 0.3 is 0 Å². The molecule has 0 saturated heterocycles. The van der Waals surface area contributed by atoms with Gasteiger partial charge in [0.1, 0.15) is 5.82 Å². The highest BCUT2D eigenvalue weighted by atomic mass is 79.9. The number of hydrogen-bond acceptors (Lipinski definition) is 1. The molecule has 0 amide bonds. The Kier molecular flexibility index (Phi) is 4.97. The predicted molar refractivity (Wildman–Crippen MR) is 80.8 cm³/mol. The molecule has 0 heterocycles. The number of hydrogen-bond donors (Lipinski definition) is 1. The summed E-state index contributed by atoms with van der Waals surface area (Å²) in [6, 6.07) is 12.6. The van der Waals surface area contributed by atoms with Gasteiger partial charge in [-0.1, -0.05) is 29.8 Å². The second kappa shape index (κ2) is 6.51. The zero-order chi connectivity index (χ0) is 13.8. The van der Waals surface area contributed by atoms with Crippen molar-refractivity contribution in [3.05, 3.63) is 68.9 Å². The molecule has 0 aromatic heterocycles. The van der Waals surface area contributed by atoms with Gasteiger partial charge in [-0.15, -0.1) is 0 Å². The molecule has 2 aromatic carbocycles. The minimum absolute atomic E-state index is 0.162. The molecule has 0 radical (unpaired) electrons. The van der Waals surface area contributed by atoms with E-state index in [9.17, 15) is 4.39 Å². The number of nitrogens with one attached hydrogen (secondary N) is 1. The molecular weight excluding hydrogens is 329 g/mol. The lowest BCUT2D eigenvalue weighted by Crippen LogP contribution is -2.18. The van der Waals surface area contributed by atoms with E-state index in [1.165, 1.54) is 12.1 Å². The second-order valence-corrected chi connectivity index (χ2v) is 5.66. The van der Waals surface area contributed by atoms with E-state index in [-0.39, 0.29) is 11.9 Å². The van der Waals surface area contributed by atoms with Crippen LogP contribution in [0.2, 0.25) is 5.02 Å². The highest BCUT2D eigenvalue weighted by molar-refractivity contribution is 9.10. The van der Waals surface area contributed by atoms with E-state index in [1.807, 2.05) is 18.2 Å². The van der Waals surface area contributed by atoms with Crippen molar-refractivity contribution in [2.24, 2.45) is 0 Å². The van der Waals surface area contributed by atoms with Gasteiger partial charge in [0.25, 0.3) is 0 Å². The summed E-state index contributed by atoms with van der Waals surface area (Å²) in [7, 11) is 0. The third-order valence-electron chi connectivity index (χ3n) is 2.97. The lowest BCUT2D eigenvalue weighted by molar-refractivity contribution is 0.571. The summed E-state index contributed by atoms with van der Waals surface area (Å²) >= 11 is 9.36. The third kappa shape index (κ3) is 4.03. The zero-order valence-corrected chi connectivity index (χ0v) is 12.8. The second-order valence-electron chi connectivity index (χ2n) is 4.40. The van der Waals surface area contributed by atoms with Crippen LogP contribution in [0.25, 0.3) is 0 Å². The standard InChI is InChI=1S/C15H14BrClFN/c1-10(12-3-5-13(18)6-4-12)19-9-11-2-7-15(17)14(16)8-11/h2-8,10,19H,9H2,1H3/t10-/m0/s1. The number of benzene rings is 2. The number of halogens is 3. The van der Waals surface area contributed by atoms with Crippen LogP contribution < -0.4 is 5.32 Å². The van der Waals surface area contributed by atoms with Crippen LogP contribution in [0.1, 0.15) is 24.1 Å². The summed E-state index contributed by atoms with van der Waals surface area (Å²) in [5.74, 6) is -0.211. The van der Waals surface area contributed by atoms with Crippen molar-refractivity contribution >= 4 is 27.5 Å². The van der Waals surface area contributed by atoms with E-state index in [1.54, 1.807) is 12.1 Å². The van der Waals surface area contributed by atoms with E-state index < -0.39 is 0 Å². The Morgan fingerprint density at radius 1 is 1.21 bits per heavy atom. The van der Waals surface area contributed by atoms with Crippen LogP contribution in [0.3, 0.4) is 0 Å². The number of rotatable bonds is 4. The lowest BCUT2D eigenvalue weighted by atomic mass is 10.1. The summed E-state index contributed by atoms with van der Waals surface area (Å²) in [6.45, 7) is 2.78. The van der Waals surface area contributed by atoms with Gasteiger partial charge in [0.2, 0.25) is 0 Å². The molecule has 0 bridgehead atoms. The summed E-state index contributed by atoms with van der Waals surface area (Å²) in [6.07, 6.45) is 0. The lowest BCUT2D eigenvalue weighted by Gasteiger charge is -2.14. The van der Waals surface area contributed by atoms with Crippen molar-refractivity contribution in [1.82, 2.24) is 5.32 Å². The Bertz CT molecular complexity index is 557. The average Bonchev–Trinajstić information content (AvgIpc) is 2.40. The first-order valence-corrected chi connectivity index (χ1v) is 7.16. The summed E-state index contributed by atoms with van der Waals surface area (Å²) in [5.41, 5.74) is 2.21. The topological polar surface area (TPSA) is 12.0 Å². The van der Waals surface area contributed by atoms with E-state index in [0.29, 0.717) is 5.02 Å². The highest BCUT2D eigenvalue weighted by Crippen LogP contribution is 2.23. The highest BCUT2D eigenvalue weighted by Gasteiger charge is 2.05. The Morgan fingerprint density at radius 2 is 1.89 bits per heavy atom. The van der Waals surface area contributed by atoms with Gasteiger partial charge in [0, 0.05) is 17.1 Å². The Hall–Kier alpha value is -0.900. The molecule has 0 saturated carbocycles. The first-order chi connectivity index (χ1) is 9.06. The monoisotopic (exact) mass is 341 g/mol. The van der Waals surface area contributed by atoms with Gasteiger partial charge in [0.05, 0.1) is 5.02 Å².